The van der Waals surface area contributed by atoms with Gasteiger partial charge in [0.2, 0.25) is 0 Å². The molecule has 0 fully saturated rings. The van der Waals surface area contributed by atoms with Gasteiger partial charge in [-0.05, 0) is 66.5 Å². The van der Waals surface area contributed by atoms with Gasteiger partial charge < -0.3 is 29.4 Å². The highest BCUT2D eigenvalue weighted by Gasteiger charge is 2.07. The highest BCUT2D eigenvalue weighted by Crippen LogP contribution is 2.29. The molecule has 9 nitrogen and oxygen atoms in total. The van der Waals surface area contributed by atoms with Crippen LogP contribution < -0.4 is 29.4 Å². The summed E-state index contributed by atoms with van der Waals surface area (Å²) in [5, 5.41) is 7.42. The SMILES string of the molecule is COc1ccc(/C=C/c2cc(/C=C/c3ccc(OC)c(OC)c3)nc(OCCCCSC(=N)N)n2)cc1OC. The van der Waals surface area contributed by atoms with Gasteiger partial charge in [-0.2, -0.15) is 9.97 Å². The lowest BCUT2D eigenvalue weighted by Crippen LogP contribution is -2.06. The number of thioether (sulfide) groups is 1. The normalized spacial score (nSPS) is 11.1. The lowest BCUT2D eigenvalue weighted by atomic mass is 10.1. The molecule has 0 bridgehead atoms. The molecule has 0 aliphatic carbocycles. The molecule has 0 amide bonds. The summed E-state index contributed by atoms with van der Waals surface area (Å²) >= 11 is 1.32. The van der Waals surface area contributed by atoms with Gasteiger partial charge in [-0.3, -0.25) is 5.41 Å². The van der Waals surface area contributed by atoms with Gasteiger partial charge in [0, 0.05) is 5.75 Å². The molecule has 39 heavy (non-hydrogen) atoms. The Bertz CT molecular complexity index is 1230. The number of methoxy groups -OCH3 is 4. The van der Waals surface area contributed by atoms with Gasteiger partial charge >= 0.3 is 6.01 Å². The summed E-state index contributed by atoms with van der Waals surface area (Å²) in [6.07, 6.45) is 9.34. The fraction of sp³-hybridized carbons (Fsp3) is 0.276. The highest BCUT2D eigenvalue weighted by molar-refractivity contribution is 8.13. The number of unbranched alkanes of at least 4 members (excludes halogenated alkanes) is 1. The summed E-state index contributed by atoms with van der Waals surface area (Å²) in [4.78, 5) is 9.14. The molecule has 3 rings (SSSR count). The summed E-state index contributed by atoms with van der Waals surface area (Å²) in [5.41, 5.74) is 8.63. The van der Waals surface area contributed by atoms with E-state index in [0.717, 1.165) is 29.7 Å². The van der Waals surface area contributed by atoms with Crippen LogP contribution in [0.3, 0.4) is 0 Å². The molecule has 1 aromatic heterocycles. The molecular weight excluding hydrogens is 516 g/mol. The van der Waals surface area contributed by atoms with Crippen LogP contribution in [0.25, 0.3) is 24.3 Å². The van der Waals surface area contributed by atoms with Crippen molar-refractivity contribution in [1.82, 2.24) is 9.97 Å². The fourth-order valence-corrected chi connectivity index (χ4v) is 4.09. The van der Waals surface area contributed by atoms with Crippen molar-refractivity contribution in [3.05, 3.63) is 65.0 Å². The Morgan fingerprint density at radius 3 is 1.72 bits per heavy atom. The third-order valence-electron chi connectivity index (χ3n) is 5.48. The fourth-order valence-electron chi connectivity index (χ4n) is 3.52. The van der Waals surface area contributed by atoms with Crippen molar-refractivity contribution >= 4 is 41.2 Å². The number of benzene rings is 2. The van der Waals surface area contributed by atoms with E-state index < -0.39 is 0 Å². The number of nitrogens with zero attached hydrogens (tertiary/aromatic N) is 2. The first kappa shape index (κ1) is 29.4. The predicted octanol–water partition coefficient (Wildman–Crippen LogP) is 5.64. The molecule has 0 saturated heterocycles. The largest absolute Gasteiger partial charge is 0.493 e. The number of hydrogen-bond acceptors (Lipinski definition) is 9. The van der Waals surface area contributed by atoms with Crippen molar-refractivity contribution in [2.75, 3.05) is 40.8 Å². The van der Waals surface area contributed by atoms with Gasteiger partial charge in [0.25, 0.3) is 0 Å². The number of hydrogen-bond donors (Lipinski definition) is 2. The van der Waals surface area contributed by atoms with Crippen LogP contribution in [0, 0.1) is 5.41 Å². The molecule has 0 aliphatic heterocycles. The number of amidine groups is 1. The van der Waals surface area contributed by atoms with Gasteiger partial charge in [0.1, 0.15) is 0 Å². The maximum absolute atomic E-state index is 7.30. The van der Waals surface area contributed by atoms with Crippen molar-refractivity contribution in [1.29, 1.82) is 5.41 Å². The summed E-state index contributed by atoms with van der Waals surface area (Å²) in [5.74, 6) is 3.39. The van der Waals surface area contributed by atoms with E-state index in [-0.39, 0.29) is 11.2 Å². The van der Waals surface area contributed by atoms with E-state index in [0.29, 0.717) is 41.0 Å². The Kier molecular flexibility index (Phi) is 11.5. The van der Waals surface area contributed by atoms with Crippen LogP contribution in [0.15, 0.2) is 42.5 Å². The Balaban J connectivity index is 1.82. The number of ether oxygens (including phenoxy) is 5. The third-order valence-corrected chi connectivity index (χ3v) is 6.28. The van der Waals surface area contributed by atoms with E-state index in [1.165, 1.54) is 11.8 Å². The standard InChI is InChI=1S/C29H34N4O5S/c1-34-24-13-9-20(17-26(24)36-3)7-11-22-19-23(12-8-21-10-14-25(35-2)27(18-21)37-4)33-29(32-22)38-15-5-6-16-39-28(30)31/h7-14,17-19H,5-6,15-16H2,1-4H3,(H3,30,31)/b11-7+,12-8+. The predicted molar refractivity (Wildman–Crippen MR) is 158 cm³/mol. The summed E-state index contributed by atoms with van der Waals surface area (Å²) < 4.78 is 27.3. The first-order valence-corrected chi connectivity index (χ1v) is 13.2. The van der Waals surface area contributed by atoms with Crippen LogP contribution in [0.1, 0.15) is 35.4 Å². The molecule has 0 radical (unpaired) electrons. The van der Waals surface area contributed by atoms with E-state index in [1.807, 2.05) is 66.8 Å². The summed E-state index contributed by atoms with van der Waals surface area (Å²) in [7, 11) is 6.43. The second kappa shape index (κ2) is 15.3. The van der Waals surface area contributed by atoms with Gasteiger partial charge in [0.05, 0.1) is 46.4 Å². The van der Waals surface area contributed by atoms with Crippen LogP contribution in [0.4, 0.5) is 0 Å². The first-order valence-electron chi connectivity index (χ1n) is 12.2. The zero-order valence-electron chi connectivity index (χ0n) is 22.6. The minimum atomic E-state index is 0.124. The minimum Gasteiger partial charge on any atom is -0.493 e. The number of rotatable bonds is 14. The summed E-state index contributed by atoms with van der Waals surface area (Å²) in [6, 6.07) is 13.5. The maximum Gasteiger partial charge on any atom is 0.317 e. The van der Waals surface area contributed by atoms with E-state index in [2.05, 4.69) is 9.97 Å². The van der Waals surface area contributed by atoms with Crippen molar-refractivity contribution < 1.29 is 23.7 Å². The summed E-state index contributed by atoms with van der Waals surface area (Å²) in [6.45, 7) is 0.458. The molecule has 3 aromatic rings. The number of nitrogens with one attached hydrogen (secondary N) is 1. The minimum absolute atomic E-state index is 0.124. The lowest BCUT2D eigenvalue weighted by molar-refractivity contribution is 0.285. The average molecular weight is 551 g/mol. The molecule has 3 N–H and O–H groups in total. The second-order valence-corrected chi connectivity index (χ2v) is 9.30. The second-order valence-electron chi connectivity index (χ2n) is 8.16. The Morgan fingerprint density at radius 2 is 1.26 bits per heavy atom. The van der Waals surface area contributed by atoms with Crippen molar-refractivity contribution in [2.45, 2.75) is 12.8 Å². The molecule has 1 heterocycles. The average Bonchev–Trinajstić information content (AvgIpc) is 2.96. The van der Waals surface area contributed by atoms with Crippen LogP contribution in [-0.2, 0) is 0 Å². The van der Waals surface area contributed by atoms with E-state index in [9.17, 15) is 0 Å². The molecule has 10 heteroatoms. The van der Waals surface area contributed by atoms with E-state index >= 15 is 0 Å². The molecule has 0 unspecified atom stereocenters. The molecule has 0 atom stereocenters. The van der Waals surface area contributed by atoms with Crippen LogP contribution in [0.2, 0.25) is 0 Å². The number of aromatic nitrogens is 2. The Morgan fingerprint density at radius 1 is 0.744 bits per heavy atom. The van der Waals surface area contributed by atoms with Gasteiger partial charge in [-0.15, -0.1) is 0 Å². The number of nitrogens with two attached hydrogens (primary N) is 1. The molecule has 0 aliphatic rings. The third kappa shape index (κ3) is 9.26. The van der Waals surface area contributed by atoms with Crippen molar-refractivity contribution in [3.63, 3.8) is 0 Å². The topological polar surface area (TPSA) is 122 Å². The Hall–Kier alpha value is -4.18. The molecule has 0 spiro atoms. The van der Waals surface area contributed by atoms with Crippen LogP contribution >= 0.6 is 11.8 Å². The van der Waals surface area contributed by atoms with Gasteiger partial charge in [-0.25, -0.2) is 0 Å². The molecular formula is C29H34N4O5S. The molecule has 0 saturated carbocycles. The van der Waals surface area contributed by atoms with Gasteiger partial charge in [0.15, 0.2) is 28.2 Å². The lowest BCUT2D eigenvalue weighted by Gasteiger charge is -2.08. The monoisotopic (exact) mass is 550 g/mol. The van der Waals surface area contributed by atoms with Gasteiger partial charge in [-0.1, -0.05) is 36.0 Å². The zero-order valence-corrected chi connectivity index (χ0v) is 23.4. The zero-order chi connectivity index (χ0) is 28.0. The smallest absolute Gasteiger partial charge is 0.317 e. The highest BCUT2D eigenvalue weighted by atomic mass is 32.2. The van der Waals surface area contributed by atoms with E-state index in [1.54, 1.807) is 28.4 Å². The van der Waals surface area contributed by atoms with Crippen molar-refractivity contribution in [2.24, 2.45) is 5.73 Å². The van der Waals surface area contributed by atoms with Crippen LogP contribution in [0.5, 0.6) is 29.0 Å². The Labute approximate surface area is 233 Å². The van der Waals surface area contributed by atoms with Crippen molar-refractivity contribution in [3.8, 4) is 29.0 Å². The quantitative estimate of drug-likeness (QED) is 0.149. The first-order chi connectivity index (χ1) is 18.9. The van der Waals surface area contributed by atoms with Crippen LogP contribution in [-0.4, -0.2) is 55.9 Å². The molecule has 206 valence electrons. The molecule has 2 aromatic carbocycles. The van der Waals surface area contributed by atoms with E-state index in [4.69, 9.17) is 34.8 Å². The maximum atomic E-state index is 7.30.